The highest BCUT2D eigenvalue weighted by Crippen LogP contribution is 2.39. The monoisotopic (exact) mass is 341 g/mol. The molecule has 0 fully saturated rings. The molecule has 1 aliphatic heterocycles. The first-order valence-electron chi connectivity index (χ1n) is 7.81. The van der Waals surface area contributed by atoms with Gasteiger partial charge in [-0.2, -0.15) is 5.26 Å². The molecular weight excluding hydrogens is 322 g/mol. The fourth-order valence-electron chi connectivity index (χ4n) is 2.95. The van der Waals surface area contributed by atoms with Gasteiger partial charge in [-0.15, -0.1) is 0 Å². The lowest BCUT2D eigenvalue weighted by Crippen LogP contribution is -2.36. The molecule has 0 bridgehead atoms. The number of pyridine rings is 1. The third kappa shape index (κ3) is 3.58. The SMILES string of the molecule is CCOC(=O)C1=C(C)N=C(C)C(C(=O)OC)C1c1cc(C#N)ccn1. The predicted octanol–water partition coefficient (Wildman–Crippen LogP) is 2.14. The maximum atomic E-state index is 12.5. The number of hydrogen-bond acceptors (Lipinski definition) is 7. The van der Waals surface area contributed by atoms with Gasteiger partial charge < -0.3 is 9.47 Å². The van der Waals surface area contributed by atoms with E-state index in [1.54, 1.807) is 32.9 Å². The second-order valence-electron chi connectivity index (χ2n) is 5.53. The summed E-state index contributed by atoms with van der Waals surface area (Å²) in [4.78, 5) is 33.5. The molecule has 2 heterocycles. The number of aromatic nitrogens is 1. The molecule has 25 heavy (non-hydrogen) atoms. The summed E-state index contributed by atoms with van der Waals surface area (Å²) < 4.78 is 10.1. The van der Waals surface area contributed by atoms with Crippen LogP contribution >= 0.6 is 0 Å². The molecule has 0 aliphatic carbocycles. The van der Waals surface area contributed by atoms with E-state index in [9.17, 15) is 9.59 Å². The summed E-state index contributed by atoms with van der Waals surface area (Å²) in [5, 5.41) is 9.15. The maximum Gasteiger partial charge on any atom is 0.336 e. The van der Waals surface area contributed by atoms with Crippen LogP contribution in [0.5, 0.6) is 0 Å². The van der Waals surface area contributed by atoms with E-state index in [1.165, 1.54) is 13.3 Å². The third-order valence-electron chi connectivity index (χ3n) is 4.01. The molecular formula is C18H19N3O4. The van der Waals surface area contributed by atoms with Crippen molar-refractivity contribution >= 4 is 17.7 Å². The van der Waals surface area contributed by atoms with E-state index in [-0.39, 0.29) is 12.2 Å². The molecule has 0 saturated heterocycles. The third-order valence-corrected chi connectivity index (χ3v) is 4.01. The largest absolute Gasteiger partial charge is 0.468 e. The number of carbonyl (C=O) groups excluding carboxylic acids is 2. The molecule has 7 heteroatoms. The van der Waals surface area contributed by atoms with Gasteiger partial charge in [0.1, 0.15) is 5.92 Å². The zero-order valence-corrected chi connectivity index (χ0v) is 14.6. The lowest BCUT2D eigenvalue weighted by Gasteiger charge is -2.30. The van der Waals surface area contributed by atoms with Crippen molar-refractivity contribution in [3.63, 3.8) is 0 Å². The van der Waals surface area contributed by atoms with Crippen LogP contribution < -0.4 is 0 Å². The fourth-order valence-corrected chi connectivity index (χ4v) is 2.95. The first kappa shape index (κ1) is 18.3. The van der Waals surface area contributed by atoms with Crippen molar-refractivity contribution in [1.82, 2.24) is 4.98 Å². The molecule has 2 atom stereocenters. The van der Waals surface area contributed by atoms with Crippen molar-refractivity contribution in [3.05, 3.63) is 40.9 Å². The minimum Gasteiger partial charge on any atom is -0.468 e. The molecule has 130 valence electrons. The Hall–Kier alpha value is -3.01. The van der Waals surface area contributed by atoms with Gasteiger partial charge in [0.15, 0.2) is 0 Å². The van der Waals surface area contributed by atoms with Crippen LogP contribution in [0.4, 0.5) is 0 Å². The van der Waals surface area contributed by atoms with E-state index in [0.29, 0.717) is 22.7 Å². The number of nitrogens with zero attached hydrogens (tertiary/aromatic N) is 3. The summed E-state index contributed by atoms with van der Waals surface area (Å²) in [6.07, 6.45) is 1.47. The van der Waals surface area contributed by atoms with E-state index in [1.807, 2.05) is 6.07 Å². The van der Waals surface area contributed by atoms with Crippen LogP contribution in [-0.2, 0) is 19.1 Å². The number of rotatable bonds is 4. The second-order valence-corrected chi connectivity index (χ2v) is 5.53. The number of hydrogen-bond donors (Lipinski definition) is 0. The van der Waals surface area contributed by atoms with Crippen molar-refractivity contribution < 1.29 is 19.1 Å². The van der Waals surface area contributed by atoms with Crippen LogP contribution in [0, 0.1) is 17.2 Å². The number of esters is 2. The predicted molar refractivity (Wildman–Crippen MR) is 89.6 cm³/mol. The Morgan fingerprint density at radius 1 is 1.36 bits per heavy atom. The van der Waals surface area contributed by atoms with Crippen LogP contribution in [0.15, 0.2) is 34.6 Å². The Bertz CT molecular complexity index is 805. The van der Waals surface area contributed by atoms with Crippen molar-refractivity contribution in [1.29, 1.82) is 5.26 Å². The average molecular weight is 341 g/mol. The maximum absolute atomic E-state index is 12.5. The van der Waals surface area contributed by atoms with Crippen molar-refractivity contribution in [2.24, 2.45) is 10.9 Å². The minimum absolute atomic E-state index is 0.194. The van der Waals surface area contributed by atoms with Gasteiger partial charge in [0, 0.05) is 17.6 Å². The van der Waals surface area contributed by atoms with Crippen LogP contribution in [0.25, 0.3) is 0 Å². The number of carbonyl (C=O) groups is 2. The smallest absolute Gasteiger partial charge is 0.336 e. The number of aliphatic imine (C=N–C) groups is 1. The number of methoxy groups -OCH3 is 1. The Labute approximate surface area is 146 Å². The fraction of sp³-hybridized carbons (Fsp3) is 0.389. The van der Waals surface area contributed by atoms with Gasteiger partial charge >= 0.3 is 11.9 Å². The molecule has 1 aromatic heterocycles. The summed E-state index contributed by atoms with van der Waals surface area (Å²) in [7, 11) is 1.28. The van der Waals surface area contributed by atoms with Crippen molar-refractivity contribution in [3.8, 4) is 6.07 Å². The van der Waals surface area contributed by atoms with Gasteiger partial charge in [0.25, 0.3) is 0 Å². The average Bonchev–Trinajstić information content (AvgIpc) is 2.60. The molecule has 0 saturated carbocycles. The Morgan fingerprint density at radius 2 is 2.08 bits per heavy atom. The lowest BCUT2D eigenvalue weighted by atomic mass is 9.77. The normalized spacial score (nSPS) is 19.7. The highest BCUT2D eigenvalue weighted by molar-refractivity contribution is 6.06. The molecule has 0 radical (unpaired) electrons. The van der Waals surface area contributed by atoms with Gasteiger partial charge in [0.05, 0.1) is 42.5 Å². The Balaban J connectivity index is 2.68. The molecule has 0 N–H and O–H groups in total. The minimum atomic E-state index is -0.811. The van der Waals surface area contributed by atoms with Crippen LogP contribution in [0.1, 0.15) is 37.9 Å². The van der Waals surface area contributed by atoms with Crippen LogP contribution in [0.3, 0.4) is 0 Å². The summed E-state index contributed by atoms with van der Waals surface area (Å²) in [5.41, 5.74) is 2.04. The molecule has 1 aromatic rings. The highest BCUT2D eigenvalue weighted by atomic mass is 16.5. The molecule has 2 rings (SSSR count). The van der Waals surface area contributed by atoms with Crippen LogP contribution in [0.2, 0.25) is 0 Å². The summed E-state index contributed by atoms with van der Waals surface area (Å²) >= 11 is 0. The van der Waals surface area contributed by atoms with Gasteiger partial charge in [-0.1, -0.05) is 0 Å². The quantitative estimate of drug-likeness (QED) is 0.778. The van der Waals surface area contributed by atoms with Crippen LogP contribution in [-0.4, -0.2) is 36.4 Å². The van der Waals surface area contributed by atoms with E-state index < -0.39 is 23.8 Å². The standard InChI is InChI=1S/C18H19N3O4/c1-5-25-18(23)15-11(3)21-10(2)14(17(22)24-4)16(15)13-8-12(9-19)6-7-20-13/h6-8,14,16H,5H2,1-4H3. The topological polar surface area (TPSA) is 102 Å². The number of ether oxygens (including phenoxy) is 2. The molecule has 2 unspecified atom stereocenters. The number of nitriles is 1. The highest BCUT2D eigenvalue weighted by Gasteiger charge is 2.43. The van der Waals surface area contributed by atoms with E-state index in [0.717, 1.165) is 0 Å². The molecule has 0 aromatic carbocycles. The zero-order valence-electron chi connectivity index (χ0n) is 14.6. The van der Waals surface area contributed by atoms with Crippen molar-refractivity contribution in [2.75, 3.05) is 13.7 Å². The lowest BCUT2D eigenvalue weighted by molar-refractivity contribution is -0.144. The molecule has 7 nitrogen and oxygen atoms in total. The van der Waals surface area contributed by atoms with E-state index in [4.69, 9.17) is 14.7 Å². The van der Waals surface area contributed by atoms with Gasteiger partial charge in [-0.25, -0.2) is 4.79 Å². The molecule has 0 amide bonds. The Kier molecular flexibility index (Phi) is 5.65. The molecule has 1 aliphatic rings. The van der Waals surface area contributed by atoms with E-state index >= 15 is 0 Å². The number of allylic oxidation sites excluding steroid dienone is 1. The summed E-state index contributed by atoms with van der Waals surface area (Å²) in [6.45, 7) is 5.28. The summed E-state index contributed by atoms with van der Waals surface area (Å²) in [6, 6.07) is 5.16. The Morgan fingerprint density at radius 3 is 2.68 bits per heavy atom. The van der Waals surface area contributed by atoms with Gasteiger partial charge in [-0.3, -0.25) is 14.8 Å². The zero-order chi connectivity index (χ0) is 18.6. The van der Waals surface area contributed by atoms with E-state index in [2.05, 4.69) is 9.98 Å². The molecule has 0 spiro atoms. The van der Waals surface area contributed by atoms with Gasteiger partial charge in [-0.05, 0) is 32.9 Å². The second kappa shape index (κ2) is 7.71. The first-order valence-corrected chi connectivity index (χ1v) is 7.81. The van der Waals surface area contributed by atoms with Crippen molar-refractivity contribution in [2.45, 2.75) is 26.7 Å². The first-order chi connectivity index (χ1) is 11.9. The van der Waals surface area contributed by atoms with Gasteiger partial charge in [0.2, 0.25) is 0 Å². The summed E-state index contributed by atoms with van der Waals surface area (Å²) in [5.74, 6) is -2.61.